The molecule has 0 aliphatic carbocycles. The van der Waals surface area contributed by atoms with Gasteiger partial charge in [-0.05, 0) is 43.0 Å². The predicted octanol–water partition coefficient (Wildman–Crippen LogP) is 4.24. The van der Waals surface area contributed by atoms with Crippen molar-refractivity contribution in [3.05, 3.63) is 89.5 Å². The van der Waals surface area contributed by atoms with Gasteiger partial charge in [-0.15, -0.1) is 10.2 Å². The third-order valence-electron chi connectivity index (χ3n) is 6.49. The van der Waals surface area contributed by atoms with Crippen LogP contribution in [0.2, 0.25) is 0 Å². The molecule has 2 aromatic heterocycles. The normalized spacial score (nSPS) is 14.0. The Kier molecular flexibility index (Phi) is 6.84. The van der Waals surface area contributed by atoms with Crippen LogP contribution in [0.5, 0.6) is 0 Å². The molecule has 1 saturated heterocycles. The van der Waals surface area contributed by atoms with Gasteiger partial charge in [-0.3, -0.25) is 14.2 Å². The van der Waals surface area contributed by atoms with E-state index in [9.17, 15) is 9.59 Å². The van der Waals surface area contributed by atoms with Gasteiger partial charge in [-0.2, -0.15) is 0 Å². The lowest BCUT2D eigenvalue weighted by Crippen LogP contribution is -2.33. The van der Waals surface area contributed by atoms with Crippen molar-refractivity contribution in [2.45, 2.75) is 26.3 Å². The number of hydrogen-bond donors (Lipinski definition) is 1. The van der Waals surface area contributed by atoms with Crippen molar-refractivity contribution in [1.29, 1.82) is 0 Å². The van der Waals surface area contributed by atoms with E-state index in [1.165, 1.54) is 29.8 Å². The zero-order valence-electron chi connectivity index (χ0n) is 20.2. The molecule has 0 saturated carbocycles. The Bertz CT molecular complexity index is 1380. The Morgan fingerprint density at radius 3 is 2.31 bits per heavy atom. The number of piperidine rings is 1. The maximum atomic E-state index is 12.5. The summed E-state index contributed by atoms with van der Waals surface area (Å²) in [5, 5.41) is 11.7. The number of rotatable bonds is 6. The number of aromatic nitrogens is 4. The minimum absolute atomic E-state index is 0.120. The van der Waals surface area contributed by atoms with Crippen molar-refractivity contribution in [2.24, 2.45) is 5.92 Å². The first kappa shape index (κ1) is 23.4. The van der Waals surface area contributed by atoms with E-state index < -0.39 is 0 Å². The standard InChI is InChI=1S/C28H28N6O2/c1-20-13-15-33(16-14-20)26-12-11-24(31-32-26)22-7-9-23(10-8-22)30-27(35)18-34-19-29-25(17-28(34)36)21-5-3-2-4-6-21/h2-12,17,19-20H,13-16,18H2,1H3,(H,30,35). The quantitative estimate of drug-likeness (QED) is 0.444. The maximum absolute atomic E-state index is 12.5. The lowest BCUT2D eigenvalue weighted by atomic mass is 9.99. The summed E-state index contributed by atoms with van der Waals surface area (Å²) >= 11 is 0. The SMILES string of the molecule is CC1CCN(c2ccc(-c3ccc(NC(=O)Cn4cnc(-c5ccccc5)cc4=O)cc3)nn2)CC1. The predicted molar refractivity (Wildman–Crippen MR) is 141 cm³/mol. The van der Waals surface area contributed by atoms with E-state index in [0.717, 1.165) is 41.6 Å². The average molecular weight is 481 g/mol. The van der Waals surface area contributed by atoms with Gasteiger partial charge in [0.1, 0.15) is 6.54 Å². The van der Waals surface area contributed by atoms with Gasteiger partial charge in [-0.25, -0.2) is 4.98 Å². The Balaban J connectivity index is 1.19. The first-order valence-corrected chi connectivity index (χ1v) is 12.2. The molecule has 8 nitrogen and oxygen atoms in total. The van der Waals surface area contributed by atoms with Crippen molar-refractivity contribution in [3.8, 4) is 22.5 Å². The molecule has 0 radical (unpaired) electrons. The Hall–Kier alpha value is -4.33. The topological polar surface area (TPSA) is 93.0 Å². The minimum Gasteiger partial charge on any atom is -0.355 e. The van der Waals surface area contributed by atoms with E-state index in [1.807, 2.05) is 66.7 Å². The molecule has 2 aromatic carbocycles. The molecule has 0 atom stereocenters. The molecule has 3 heterocycles. The monoisotopic (exact) mass is 480 g/mol. The van der Waals surface area contributed by atoms with Crippen LogP contribution in [-0.4, -0.2) is 38.7 Å². The number of amides is 1. The molecule has 1 N–H and O–H groups in total. The average Bonchev–Trinajstić information content (AvgIpc) is 2.91. The zero-order valence-corrected chi connectivity index (χ0v) is 20.2. The molecular formula is C28H28N6O2. The second kappa shape index (κ2) is 10.5. The van der Waals surface area contributed by atoms with Crippen LogP contribution in [0.15, 0.2) is 83.9 Å². The van der Waals surface area contributed by atoms with E-state index in [2.05, 4.69) is 32.3 Å². The van der Waals surface area contributed by atoms with Crippen LogP contribution in [-0.2, 0) is 11.3 Å². The van der Waals surface area contributed by atoms with Gasteiger partial charge in [-0.1, -0.05) is 49.4 Å². The lowest BCUT2D eigenvalue weighted by molar-refractivity contribution is -0.116. The first-order valence-electron chi connectivity index (χ1n) is 12.2. The summed E-state index contributed by atoms with van der Waals surface area (Å²) in [6, 6.07) is 22.3. The van der Waals surface area contributed by atoms with Crippen LogP contribution in [0, 0.1) is 5.92 Å². The molecule has 0 bridgehead atoms. The second-order valence-corrected chi connectivity index (χ2v) is 9.18. The van der Waals surface area contributed by atoms with Crippen LogP contribution < -0.4 is 15.8 Å². The van der Waals surface area contributed by atoms with E-state index in [0.29, 0.717) is 11.4 Å². The summed E-state index contributed by atoms with van der Waals surface area (Å²) < 4.78 is 1.29. The van der Waals surface area contributed by atoms with Gasteiger partial charge in [0, 0.05) is 36.0 Å². The molecule has 1 fully saturated rings. The fourth-order valence-corrected chi connectivity index (χ4v) is 4.28. The number of anilines is 2. The summed E-state index contributed by atoms with van der Waals surface area (Å²) in [7, 11) is 0. The molecule has 1 aliphatic rings. The highest BCUT2D eigenvalue weighted by Crippen LogP contribution is 2.24. The third-order valence-corrected chi connectivity index (χ3v) is 6.49. The highest BCUT2D eigenvalue weighted by atomic mass is 16.2. The molecule has 0 unspecified atom stereocenters. The smallest absolute Gasteiger partial charge is 0.254 e. The molecule has 4 aromatic rings. The van der Waals surface area contributed by atoms with Crippen molar-refractivity contribution in [2.75, 3.05) is 23.3 Å². The molecule has 1 aliphatic heterocycles. The number of carbonyl (C=O) groups is 1. The highest BCUT2D eigenvalue weighted by molar-refractivity contribution is 5.90. The van der Waals surface area contributed by atoms with Gasteiger partial charge in [0.15, 0.2) is 5.82 Å². The van der Waals surface area contributed by atoms with E-state index in [1.54, 1.807) is 0 Å². The van der Waals surface area contributed by atoms with E-state index in [-0.39, 0.29) is 18.0 Å². The van der Waals surface area contributed by atoms with Gasteiger partial charge >= 0.3 is 0 Å². The maximum Gasteiger partial charge on any atom is 0.254 e. The molecule has 36 heavy (non-hydrogen) atoms. The van der Waals surface area contributed by atoms with Crippen LogP contribution in [0.25, 0.3) is 22.5 Å². The Morgan fingerprint density at radius 1 is 0.917 bits per heavy atom. The summed E-state index contributed by atoms with van der Waals surface area (Å²) in [6.45, 7) is 4.20. The molecule has 5 rings (SSSR count). The summed E-state index contributed by atoms with van der Waals surface area (Å²) in [6.07, 6.45) is 3.77. The lowest BCUT2D eigenvalue weighted by Gasteiger charge is -2.30. The van der Waals surface area contributed by atoms with Crippen LogP contribution in [0.1, 0.15) is 19.8 Å². The van der Waals surface area contributed by atoms with Gasteiger partial charge in [0.2, 0.25) is 5.91 Å². The zero-order chi connectivity index (χ0) is 24.9. The molecule has 182 valence electrons. The van der Waals surface area contributed by atoms with Crippen molar-refractivity contribution >= 4 is 17.4 Å². The fourth-order valence-electron chi connectivity index (χ4n) is 4.28. The fraction of sp³-hybridized carbons (Fsp3) is 0.250. The first-order chi connectivity index (χ1) is 17.5. The van der Waals surface area contributed by atoms with E-state index in [4.69, 9.17) is 0 Å². The Labute approximate surface area is 209 Å². The Morgan fingerprint density at radius 2 is 1.64 bits per heavy atom. The van der Waals surface area contributed by atoms with Crippen LogP contribution >= 0.6 is 0 Å². The highest BCUT2D eigenvalue weighted by Gasteiger charge is 2.17. The van der Waals surface area contributed by atoms with Crippen molar-refractivity contribution < 1.29 is 4.79 Å². The molecule has 8 heteroatoms. The van der Waals surface area contributed by atoms with Crippen molar-refractivity contribution in [3.63, 3.8) is 0 Å². The summed E-state index contributed by atoms with van der Waals surface area (Å²) in [4.78, 5) is 31.6. The van der Waals surface area contributed by atoms with Gasteiger partial charge in [0.05, 0.1) is 17.7 Å². The number of carbonyl (C=O) groups excluding carboxylic acids is 1. The largest absolute Gasteiger partial charge is 0.355 e. The van der Waals surface area contributed by atoms with E-state index >= 15 is 0 Å². The molecule has 1 amide bonds. The summed E-state index contributed by atoms with van der Waals surface area (Å²) in [5.41, 5.74) is 3.48. The number of nitrogens with one attached hydrogen (secondary N) is 1. The number of benzene rings is 2. The van der Waals surface area contributed by atoms with Crippen LogP contribution in [0.3, 0.4) is 0 Å². The van der Waals surface area contributed by atoms with Crippen molar-refractivity contribution in [1.82, 2.24) is 19.7 Å². The van der Waals surface area contributed by atoms with Crippen LogP contribution in [0.4, 0.5) is 11.5 Å². The molecular weight excluding hydrogens is 452 g/mol. The number of nitrogens with zero attached hydrogens (tertiary/aromatic N) is 5. The van der Waals surface area contributed by atoms with Gasteiger partial charge in [0.25, 0.3) is 5.56 Å². The summed E-state index contributed by atoms with van der Waals surface area (Å²) in [5.74, 6) is 1.38. The second-order valence-electron chi connectivity index (χ2n) is 9.18. The minimum atomic E-state index is -0.306. The number of hydrogen-bond acceptors (Lipinski definition) is 6. The van der Waals surface area contributed by atoms with Gasteiger partial charge < -0.3 is 10.2 Å². The third kappa shape index (κ3) is 5.49. The molecule has 0 spiro atoms.